The van der Waals surface area contributed by atoms with E-state index in [1.807, 2.05) is 42.6 Å². The summed E-state index contributed by atoms with van der Waals surface area (Å²) in [5, 5.41) is 2.95. The van der Waals surface area contributed by atoms with Crippen molar-refractivity contribution in [1.29, 1.82) is 0 Å². The van der Waals surface area contributed by atoms with E-state index >= 15 is 0 Å². The first-order valence-electron chi connectivity index (χ1n) is 8.34. The van der Waals surface area contributed by atoms with Crippen molar-refractivity contribution in [2.45, 2.75) is 18.6 Å². The second-order valence-corrected chi connectivity index (χ2v) is 7.84. The van der Waals surface area contributed by atoms with E-state index in [0.717, 1.165) is 27.8 Å². The monoisotopic (exact) mass is 414 g/mol. The number of benzene rings is 1. The van der Waals surface area contributed by atoms with E-state index in [9.17, 15) is 14.4 Å². The average molecular weight is 415 g/mol. The molecule has 0 aliphatic rings. The van der Waals surface area contributed by atoms with Crippen LogP contribution >= 0.6 is 23.1 Å². The van der Waals surface area contributed by atoms with Crippen LogP contribution in [0.2, 0.25) is 0 Å². The number of nitrogens with two attached hydrogens (primary N) is 1. The molecule has 0 spiro atoms. The Morgan fingerprint density at radius 3 is 2.71 bits per heavy atom. The highest BCUT2D eigenvalue weighted by Crippen LogP contribution is 2.36. The number of carbonyl (C=O) groups is 2. The molecule has 3 rings (SSSR count). The summed E-state index contributed by atoms with van der Waals surface area (Å²) in [5.41, 5.74) is 6.67. The summed E-state index contributed by atoms with van der Waals surface area (Å²) in [7, 11) is 0. The molecule has 1 aromatic carbocycles. The van der Waals surface area contributed by atoms with Crippen LogP contribution in [-0.2, 0) is 11.3 Å². The number of rotatable bonds is 6. The largest absolute Gasteiger partial charge is 0.351 e. The second-order valence-electron chi connectivity index (χ2n) is 5.90. The van der Waals surface area contributed by atoms with Gasteiger partial charge >= 0.3 is 6.03 Å². The number of aromatic nitrogens is 2. The van der Waals surface area contributed by atoms with Crippen LogP contribution in [0.4, 0.5) is 4.79 Å². The molecule has 144 valence electrons. The molecule has 7 nitrogen and oxygen atoms in total. The van der Waals surface area contributed by atoms with Gasteiger partial charge in [-0.05, 0) is 18.1 Å². The van der Waals surface area contributed by atoms with Crippen LogP contribution in [0.3, 0.4) is 0 Å². The number of thioether (sulfide) groups is 1. The van der Waals surface area contributed by atoms with Gasteiger partial charge in [-0.1, -0.05) is 48.2 Å². The Morgan fingerprint density at radius 2 is 2.07 bits per heavy atom. The molecule has 28 heavy (non-hydrogen) atoms. The third-order valence-electron chi connectivity index (χ3n) is 3.96. The number of hydrogen-bond acceptors (Lipinski definition) is 6. The Morgan fingerprint density at radius 1 is 1.36 bits per heavy atom. The van der Waals surface area contributed by atoms with E-state index < -0.39 is 11.9 Å². The molecule has 0 radical (unpaired) electrons. The first kappa shape index (κ1) is 19.8. The zero-order valence-electron chi connectivity index (χ0n) is 15.1. The lowest BCUT2D eigenvalue weighted by Gasteiger charge is -2.10. The Labute approximate surface area is 169 Å². The van der Waals surface area contributed by atoms with E-state index in [0.29, 0.717) is 15.4 Å². The SMILES string of the molecule is C=CCn1c(SCC(=O)NC(N)=O)nc2sc(-c3ccccc3)c(C)c2c1=O. The summed E-state index contributed by atoms with van der Waals surface area (Å²) in [4.78, 5) is 41.8. The standard InChI is InChI=1S/C19H18N4O3S2/c1-3-9-23-17(25)14-11(2)15(12-7-5-4-6-8-12)28-16(14)22-19(23)27-10-13(24)21-18(20)26/h3-8H,1,9-10H2,2H3,(H3,20,21,24,26). The van der Waals surface area contributed by atoms with Crippen molar-refractivity contribution in [2.24, 2.45) is 5.73 Å². The van der Waals surface area contributed by atoms with E-state index in [4.69, 9.17) is 5.73 Å². The fourth-order valence-corrected chi connectivity index (χ4v) is 4.80. The molecule has 3 amide bonds. The van der Waals surface area contributed by atoms with Gasteiger partial charge in [-0.3, -0.25) is 19.5 Å². The lowest BCUT2D eigenvalue weighted by molar-refractivity contribution is -0.117. The molecule has 0 fully saturated rings. The number of urea groups is 1. The summed E-state index contributed by atoms with van der Waals surface area (Å²) in [6.45, 7) is 5.87. The van der Waals surface area contributed by atoms with Crippen molar-refractivity contribution in [3.63, 3.8) is 0 Å². The van der Waals surface area contributed by atoms with Gasteiger partial charge in [0.25, 0.3) is 5.56 Å². The molecule has 3 N–H and O–H groups in total. The maximum Gasteiger partial charge on any atom is 0.318 e. The molecule has 2 aromatic heterocycles. The predicted octanol–water partition coefficient (Wildman–Crippen LogP) is 2.91. The number of thiophene rings is 1. The third kappa shape index (κ3) is 4.00. The zero-order valence-corrected chi connectivity index (χ0v) is 16.7. The minimum Gasteiger partial charge on any atom is -0.351 e. The number of carbonyl (C=O) groups excluding carboxylic acids is 2. The van der Waals surface area contributed by atoms with Crippen molar-refractivity contribution in [2.75, 3.05) is 5.75 Å². The Kier molecular flexibility index (Phi) is 5.96. The zero-order chi connectivity index (χ0) is 20.3. The first-order valence-corrected chi connectivity index (χ1v) is 10.1. The molecule has 0 aliphatic carbocycles. The van der Waals surface area contributed by atoms with Crippen molar-refractivity contribution in [3.8, 4) is 10.4 Å². The number of allylic oxidation sites excluding steroid dienone is 1. The molecule has 3 aromatic rings. The minimum absolute atomic E-state index is 0.0894. The van der Waals surface area contributed by atoms with Crippen LogP contribution in [-0.4, -0.2) is 27.2 Å². The summed E-state index contributed by atoms with van der Waals surface area (Å²) in [5.74, 6) is -0.641. The number of hydrogen-bond donors (Lipinski definition) is 2. The van der Waals surface area contributed by atoms with Crippen LogP contribution in [0.5, 0.6) is 0 Å². The fraction of sp³-hybridized carbons (Fsp3) is 0.158. The first-order chi connectivity index (χ1) is 13.4. The molecular weight excluding hydrogens is 396 g/mol. The number of amides is 3. The van der Waals surface area contributed by atoms with Gasteiger partial charge in [0.2, 0.25) is 5.91 Å². The molecule has 0 saturated heterocycles. The normalized spacial score (nSPS) is 10.8. The lowest BCUT2D eigenvalue weighted by Crippen LogP contribution is -2.36. The Bertz CT molecular complexity index is 1120. The van der Waals surface area contributed by atoms with Gasteiger partial charge in [0, 0.05) is 11.4 Å². The van der Waals surface area contributed by atoms with Gasteiger partial charge in [0.15, 0.2) is 5.16 Å². The predicted molar refractivity (Wildman–Crippen MR) is 113 cm³/mol. The van der Waals surface area contributed by atoms with Gasteiger partial charge in [-0.15, -0.1) is 17.9 Å². The van der Waals surface area contributed by atoms with Gasteiger partial charge in [-0.25, -0.2) is 9.78 Å². The van der Waals surface area contributed by atoms with Crippen molar-refractivity contribution in [3.05, 3.63) is 58.9 Å². The molecule has 0 saturated carbocycles. The average Bonchev–Trinajstić information content (AvgIpc) is 2.99. The van der Waals surface area contributed by atoms with Crippen LogP contribution in [0.25, 0.3) is 20.7 Å². The van der Waals surface area contributed by atoms with Crippen LogP contribution in [0.15, 0.2) is 52.9 Å². The summed E-state index contributed by atoms with van der Waals surface area (Å²) >= 11 is 2.51. The summed E-state index contributed by atoms with van der Waals surface area (Å²) < 4.78 is 1.48. The number of imide groups is 1. The summed E-state index contributed by atoms with van der Waals surface area (Å²) in [6, 6.07) is 8.89. The molecular formula is C19H18N4O3S2. The van der Waals surface area contributed by atoms with Gasteiger partial charge < -0.3 is 5.73 Å². The number of nitrogens with one attached hydrogen (secondary N) is 1. The number of nitrogens with zero attached hydrogens (tertiary/aromatic N) is 2. The molecule has 9 heteroatoms. The molecule has 0 atom stereocenters. The number of primary amides is 1. The molecule has 0 aliphatic heterocycles. The maximum atomic E-state index is 13.1. The van der Waals surface area contributed by atoms with E-state index in [-0.39, 0.29) is 17.9 Å². The van der Waals surface area contributed by atoms with E-state index in [1.165, 1.54) is 15.9 Å². The highest BCUT2D eigenvalue weighted by molar-refractivity contribution is 7.99. The van der Waals surface area contributed by atoms with Gasteiger partial charge in [-0.2, -0.15) is 0 Å². The quantitative estimate of drug-likeness (QED) is 0.366. The Hall–Kier alpha value is -2.91. The number of fused-ring (bicyclic) bond motifs is 1. The highest BCUT2D eigenvalue weighted by Gasteiger charge is 2.19. The van der Waals surface area contributed by atoms with Crippen molar-refractivity contribution < 1.29 is 9.59 Å². The maximum absolute atomic E-state index is 13.1. The van der Waals surface area contributed by atoms with E-state index in [2.05, 4.69) is 11.6 Å². The van der Waals surface area contributed by atoms with Crippen molar-refractivity contribution in [1.82, 2.24) is 14.9 Å². The highest BCUT2D eigenvalue weighted by atomic mass is 32.2. The van der Waals surface area contributed by atoms with Gasteiger partial charge in [0.05, 0.1) is 11.1 Å². The van der Waals surface area contributed by atoms with Crippen LogP contribution < -0.4 is 16.6 Å². The third-order valence-corrected chi connectivity index (χ3v) is 6.17. The van der Waals surface area contributed by atoms with Gasteiger partial charge in [0.1, 0.15) is 4.83 Å². The fourth-order valence-electron chi connectivity index (χ4n) is 2.77. The molecule has 2 heterocycles. The summed E-state index contributed by atoms with van der Waals surface area (Å²) in [6.07, 6.45) is 1.60. The smallest absolute Gasteiger partial charge is 0.318 e. The topological polar surface area (TPSA) is 107 Å². The second kappa shape index (κ2) is 8.41. The van der Waals surface area contributed by atoms with E-state index in [1.54, 1.807) is 6.08 Å². The molecule has 0 unspecified atom stereocenters. The van der Waals surface area contributed by atoms with Crippen LogP contribution in [0, 0.1) is 6.92 Å². The number of aryl methyl sites for hydroxylation is 1. The Balaban J connectivity index is 2.08. The molecule has 0 bridgehead atoms. The van der Waals surface area contributed by atoms with Crippen LogP contribution in [0.1, 0.15) is 5.56 Å². The lowest BCUT2D eigenvalue weighted by atomic mass is 10.1. The van der Waals surface area contributed by atoms with Crippen molar-refractivity contribution >= 4 is 45.3 Å². The minimum atomic E-state index is -0.918.